The summed E-state index contributed by atoms with van der Waals surface area (Å²) in [5.41, 5.74) is 1.68. The fourth-order valence-corrected chi connectivity index (χ4v) is 10.6. The van der Waals surface area contributed by atoms with E-state index in [-0.39, 0.29) is 39.1 Å². The monoisotopic (exact) mass is 456 g/mol. The molecule has 0 aromatic heterocycles. The van der Waals surface area contributed by atoms with Crippen molar-refractivity contribution in [1.82, 2.24) is 0 Å². The van der Waals surface area contributed by atoms with Crippen LogP contribution >= 0.6 is 0 Å². The molecule has 2 N–H and O–H groups in total. The normalized spacial score (nSPS) is 52.4. The van der Waals surface area contributed by atoms with Crippen LogP contribution in [0.1, 0.15) is 113 Å². The molecule has 0 saturated heterocycles. The first kappa shape index (κ1) is 23.9. The van der Waals surface area contributed by atoms with E-state index in [1.165, 1.54) is 18.4 Å². The van der Waals surface area contributed by atoms with Gasteiger partial charge in [-0.2, -0.15) is 0 Å². The average Bonchev–Trinajstić information content (AvgIpc) is 2.71. The lowest BCUT2D eigenvalue weighted by Gasteiger charge is -2.71. The number of carbonyl (C=O) groups is 1. The summed E-state index contributed by atoms with van der Waals surface area (Å²) in [4.78, 5) is 12.8. The van der Waals surface area contributed by atoms with Crippen molar-refractivity contribution in [1.29, 1.82) is 0 Å². The molecule has 3 heteroatoms. The van der Waals surface area contributed by atoms with Gasteiger partial charge in [-0.3, -0.25) is 4.79 Å². The third kappa shape index (κ3) is 2.87. The standard InChI is InChI=1S/C30H48O3/c1-25(2)14-16-30(24(32)33)17-15-28(6)19(20(30)18-25)8-9-22-27(5)12-11-23(31)26(3,4)21(27)10-13-29(22,28)7/h8,20-23,31H,9-18H2,1-7H3,(H,32,33)/t20-,21+,22+,23-,27+,28-,29-,30+/m1/s1. The van der Waals surface area contributed by atoms with Crippen LogP contribution in [0.3, 0.4) is 0 Å². The van der Waals surface area contributed by atoms with Crippen LogP contribution in [-0.4, -0.2) is 22.3 Å². The topological polar surface area (TPSA) is 57.5 Å². The van der Waals surface area contributed by atoms with Crippen molar-refractivity contribution in [2.45, 2.75) is 119 Å². The molecule has 0 unspecified atom stereocenters. The molecule has 0 spiro atoms. The van der Waals surface area contributed by atoms with Crippen LogP contribution < -0.4 is 0 Å². The Balaban J connectivity index is 1.60. The molecule has 8 atom stereocenters. The molecule has 5 rings (SSSR count). The predicted octanol–water partition coefficient (Wildman–Crippen LogP) is 7.23. The van der Waals surface area contributed by atoms with Crippen molar-refractivity contribution in [2.75, 3.05) is 0 Å². The maximum absolute atomic E-state index is 12.8. The number of aliphatic hydroxyl groups is 1. The number of fused-ring (bicyclic) bond motifs is 7. The molecular weight excluding hydrogens is 408 g/mol. The van der Waals surface area contributed by atoms with E-state index in [4.69, 9.17) is 0 Å². The van der Waals surface area contributed by atoms with E-state index in [1.807, 2.05) is 0 Å². The van der Waals surface area contributed by atoms with Gasteiger partial charge >= 0.3 is 5.97 Å². The van der Waals surface area contributed by atoms with Gasteiger partial charge in [0, 0.05) is 0 Å². The summed E-state index contributed by atoms with van der Waals surface area (Å²) in [7, 11) is 0. The molecule has 186 valence electrons. The first-order chi connectivity index (χ1) is 15.1. The molecular formula is C30H48O3. The number of carboxylic acid groups (broad SMARTS) is 1. The molecule has 33 heavy (non-hydrogen) atoms. The van der Waals surface area contributed by atoms with Crippen molar-refractivity contribution in [3.63, 3.8) is 0 Å². The molecule has 4 saturated carbocycles. The Kier molecular flexibility index (Phi) is 4.99. The van der Waals surface area contributed by atoms with Crippen molar-refractivity contribution >= 4 is 5.97 Å². The Morgan fingerprint density at radius 2 is 1.55 bits per heavy atom. The molecule has 0 aromatic rings. The lowest BCUT2D eigenvalue weighted by Crippen LogP contribution is -2.65. The van der Waals surface area contributed by atoms with Crippen LogP contribution in [0.5, 0.6) is 0 Å². The Labute approximate surface area is 201 Å². The van der Waals surface area contributed by atoms with Crippen LogP contribution in [0, 0.1) is 50.2 Å². The first-order valence-electron chi connectivity index (χ1n) is 13.8. The first-order valence-corrected chi connectivity index (χ1v) is 13.8. The fourth-order valence-electron chi connectivity index (χ4n) is 10.6. The molecule has 0 heterocycles. The summed E-state index contributed by atoms with van der Waals surface area (Å²) in [6.07, 6.45) is 12.6. The van der Waals surface area contributed by atoms with E-state index in [9.17, 15) is 15.0 Å². The minimum absolute atomic E-state index is 0.0301. The highest BCUT2D eigenvalue weighted by Crippen LogP contribution is 2.75. The van der Waals surface area contributed by atoms with Crippen LogP contribution in [-0.2, 0) is 4.79 Å². The molecule has 5 aliphatic rings. The molecule has 3 nitrogen and oxygen atoms in total. The van der Waals surface area contributed by atoms with Gasteiger partial charge in [-0.25, -0.2) is 0 Å². The highest BCUT2D eigenvalue weighted by atomic mass is 16.4. The van der Waals surface area contributed by atoms with Gasteiger partial charge in [-0.1, -0.05) is 60.1 Å². The van der Waals surface area contributed by atoms with Gasteiger partial charge in [-0.15, -0.1) is 0 Å². The summed E-state index contributed by atoms with van der Waals surface area (Å²) in [5.74, 6) is 0.807. The lowest BCUT2D eigenvalue weighted by atomic mass is 9.33. The largest absolute Gasteiger partial charge is 0.481 e. The highest BCUT2D eigenvalue weighted by molar-refractivity contribution is 5.76. The Hall–Kier alpha value is -0.830. The molecule has 5 aliphatic carbocycles. The average molecular weight is 457 g/mol. The van der Waals surface area contributed by atoms with E-state index in [0.717, 1.165) is 51.4 Å². The van der Waals surface area contributed by atoms with Crippen molar-refractivity contribution in [3.8, 4) is 0 Å². The van der Waals surface area contributed by atoms with Crippen molar-refractivity contribution < 1.29 is 15.0 Å². The van der Waals surface area contributed by atoms with Gasteiger partial charge in [0.1, 0.15) is 0 Å². The second-order valence-electron chi connectivity index (χ2n) is 15.1. The van der Waals surface area contributed by atoms with E-state index >= 15 is 0 Å². The Morgan fingerprint density at radius 3 is 2.21 bits per heavy atom. The zero-order chi connectivity index (χ0) is 24.2. The zero-order valence-electron chi connectivity index (χ0n) is 22.3. The summed E-state index contributed by atoms with van der Waals surface area (Å²) in [5, 5.41) is 21.4. The highest BCUT2D eigenvalue weighted by Gasteiger charge is 2.69. The number of aliphatic hydroxyl groups excluding tert-OH is 1. The van der Waals surface area contributed by atoms with Crippen LogP contribution in [0.25, 0.3) is 0 Å². The van der Waals surface area contributed by atoms with Gasteiger partial charge in [0.05, 0.1) is 11.5 Å². The van der Waals surface area contributed by atoms with Gasteiger partial charge in [0.25, 0.3) is 0 Å². The molecule has 0 radical (unpaired) electrons. The second kappa shape index (κ2) is 6.89. The molecule has 0 aromatic carbocycles. The van der Waals surface area contributed by atoms with Crippen molar-refractivity contribution in [2.24, 2.45) is 50.2 Å². The van der Waals surface area contributed by atoms with E-state index in [1.54, 1.807) is 0 Å². The Bertz CT molecular complexity index is 885. The third-order valence-electron chi connectivity index (χ3n) is 13.0. The SMILES string of the molecule is CC1(C)CC[C@]2(C(=O)O)CC[C@]3(C)C(=CC[C@H]4[C@@]5(C)CC[C@@H](O)C(C)(C)[C@@H]5CC[C@]43C)[C@H]2C1. The molecule has 0 amide bonds. The molecule has 0 bridgehead atoms. The number of hydrogen-bond donors (Lipinski definition) is 2. The number of aliphatic carboxylic acids is 1. The van der Waals surface area contributed by atoms with Crippen molar-refractivity contribution in [3.05, 3.63) is 11.6 Å². The quantitative estimate of drug-likeness (QED) is 0.409. The van der Waals surface area contributed by atoms with E-state index < -0.39 is 11.4 Å². The summed E-state index contributed by atoms with van der Waals surface area (Å²) in [6.45, 7) is 16.9. The maximum Gasteiger partial charge on any atom is 0.310 e. The number of allylic oxidation sites excluding steroid dienone is 2. The van der Waals surface area contributed by atoms with Gasteiger partial charge in [0.2, 0.25) is 0 Å². The van der Waals surface area contributed by atoms with Crippen LogP contribution in [0.15, 0.2) is 11.6 Å². The molecule has 0 aliphatic heterocycles. The van der Waals surface area contributed by atoms with Gasteiger partial charge in [0.15, 0.2) is 0 Å². The van der Waals surface area contributed by atoms with Gasteiger partial charge in [-0.05, 0) is 109 Å². The summed E-state index contributed by atoms with van der Waals surface area (Å²) < 4.78 is 0. The minimum atomic E-state index is -0.553. The van der Waals surface area contributed by atoms with E-state index in [2.05, 4.69) is 54.5 Å². The third-order valence-corrected chi connectivity index (χ3v) is 13.0. The van der Waals surface area contributed by atoms with Gasteiger partial charge < -0.3 is 10.2 Å². The summed E-state index contributed by atoms with van der Waals surface area (Å²) >= 11 is 0. The number of carboxylic acids is 1. The summed E-state index contributed by atoms with van der Waals surface area (Å²) in [6, 6.07) is 0. The lowest BCUT2D eigenvalue weighted by molar-refractivity contribution is -0.205. The smallest absolute Gasteiger partial charge is 0.310 e. The second-order valence-corrected chi connectivity index (χ2v) is 15.1. The van der Waals surface area contributed by atoms with Crippen LogP contribution in [0.2, 0.25) is 0 Å². The number of rotatable bonds is 1. The minimum Gasteiger partial charge on any atom is -0.481 e. The van der Waals surface area contributed by atoms with E-state index in [0.29, 0.717) is 11.8 Å². The maximum atomic E-state index is 12.8. The molecule has 4 fully saturated rings. The fraction of sp³-hybridized carbons (Fsp3) is 0.900. The predicted molar refractivity (Wildman–Crippen MR) is 133 cm³/mol. The zero-order valence-corrected chi connectivity index (χ0v) is 22.3. The van der Waals surface area contributed by atoms with Crippen LogP contribution in [0.4, 0.5) is 0 Å². The number of hydrogen-bond acceptors (Lipinski definition) is 2. The Morgan fingerprint density at radius 1 is 0.879 bits per heavy atom.